The molecule has 2 aromatic heterocycles. The van der Waals surface area contributed by atoms with Crippen molar-refractivity contribution in [1.29, 1.82) is 0 Å². The van der Waals surface area contributed by atoms with Gasteiger partial charge in [0.05, 0.1) is 5.69 Å². The number of urea groups is 1. The highest BCUT2D eigenvalue weighted by atomic mass is 16.5. The topological polar surface area (TPSA) is 71.3 Å². The number of pyridine rings is 1. The second-order valence-corrected chi connectivity index (χ2v) is 4.95. The van der Waals surface area contributed by atoms with Crippen LogP contribution in [0.15, 0.2) is 28.9 Å². The minimum absolute atomic E-state index is 0.120. The minimum Gasteiger partial charge on any atom is -0.361 e. The lowest BCUT2D eigenvalue weighted by atomic mass is 10.2. The predicted octanol–water partition coefficient (Wildman–Crippen LogP) is 2.07. The fourth-order valence-electron chi connectivity index (χ4n) is 1.98. The molecule has 0 fully saturated rings. The van der Waals surface area contributed by atoms with E-state index in [2.05, 4.69) is 15.5 Å². The first-order chi connectivity index (χ1) is 10.1. The van der Waals surface area contributed by atoms with Gasteiger partial charge >= 0.3 is 6.03 Å². The zero-order valence-corrected chi connectivity index (χ0v) is 12.6. The summed E-state index contributed by atoms with van der Waals surface area (Å²) in [5.41, 5.74) is 2.72. The maximum Gasteiger partial charge on any atom is 0.317 e. The third kappa shape index (κ3) is 4.05. The van der Waals surface area contributed by atoms with Crippen LogP contribution < -0.4 is 5.32 Å². The molecule has 0 aliphatic rings. The van der Waals surface area contributed by atoms with Crippen LogP contribution in [0.5, 0.6) is 0 Å². The van der Waals surface area contributed by atoms with E-state index in [4.69, 9.17) is 4.52 Å². The lowest BCUT2D eigenvalue weighted by molar-refractivity contribution is 0.208. The number of aryl methyl sites for hydroxylation is 2. The van der Waals surface area contributed by atoms with Crippen LogP contribution in [0.4, 0.5) is 4.79 Å². The molecule has 0 atom stereocenters. The quantitative estimate of drug-likeness (QED) is 0.914. The first-order valence-corrected chi connectivity index (χ1v) is 6.88. The molecule has 0 saturated heterocycles. The maximum atomic E-state index is 12.0. The molecular weight excluding hydrogens is 268 g/mol. The van der Waals surface area contributed by atoms with E-state index in [1.807, 2.05) is 32.0 Å². The fourth-order valence-corrected chi connectivity index (χ4v) is 1.98. The van der Waals surface area contributed by atoms with Crippen molar-refractivity contribution in [2.24, 2.45) is 0 Å². The molecule has 0 radical (unpaired) electrons. The van der Waals surface area contributed by atoms with E-state index in [-0.39, 0.29) is 6.03 Å². The van der Waals surface area contributed by atoms with Crippen LogP contribution in [0.1, 0.15) is 22.7 Å². The van der Waals surface area contributed by atoms with Crippen LogP contribution in [-0.4, -0.2) is 34.7 Å². The lowest BCUT2D eigenvalue weighted by Crippen LogP contribution is -2.38. The molecule has 0 spiro atoms. The number of nitrogens with one attached hydrogen (secondary N) is 1. The number of hydrogen-bond acceptors (Lipinski definition) is 4. The molecule has 21 heavy (non-hydrogen) atoms. The molecule has 2 heterocycles. The molecule has 6 heteroatoms. The Morgan fingerprint density at radius 2 is 2.19 bits per heavy atom. The van der Waals surface area contributed by atoms with E-state index in [0.717, 1.165) is 29.1 Å². The smallest absolute Gasteiger partial charge is 0.317 e. The number of rotatable bonds is 5. The van der Waals surface area contributed by atoms with E-state index in [1.54, 1.807) is 18.1 Å². The third-order valence-corrected chi connectivity index (χ3v) is 3.37. The Kier molecular flexibility index (Phi) is 4.92. The second-order valence-electron chi connectivity index (χ2n) is 4.95. The van der Waals surface area contributed by atoms with Crippen LogP contribution >= 0.6 is 0 Å². The number of aromatic nitrogens is 2. The number of likely N-dealkylation sites (N-methyl/N-ethyl adjacent to an activating group) is 1. The monoisotopic (exact) mass is 288 g/mol. The van der Waals surface area contributed by atoms with Crippen LogP contribution in [-0.2, 0) is 13.0 Å². The Morgan fingerprint density at radius 3 is 2.81 bits per heavy atom. The molecule has 6 nitrogen and oxygen atoms in total. The highest BCUT2D eigenvalue weighted by molar-refractivity contribution is 5.73. The summed E-state index contributed by atoms with van der Waals surface area (Å²) in [5.74, 6) is 0.740. The molecule has 0 aliphatic carbocycles. The summed E-state index contributed by atoms with van der Waals surface area (Å²) in [6.07, 6.45) is 2.49. The van der Waals surface area contributed by atoms with Crippen LogP contribution in [0.25, 0.3) is 0 Å². The third-order valence-electron chi connectivity index (χ3n) is 3.37. The first-order valence-electron chi connectivity index (χ1n) is 6.88. The highest BCUT2D eigenvalue weighted by Crippen LogP contribution is 2.11. The maximum absolute atomic E-state index is 12.0. The zero-order chi connectivity index (χ0) is 15.2. The van der Waals surface area contributed by atoms with Crippen molar-refractivity contribution >= 4 is 6.03 Å². The molecule has 0 aromatic carbocycles. The van der Waals surface area contributed by atoms with Crippen molar-refractivity contribution in [2.75, 3.05) is 13.6 Å². The molecule has 112 valence electrons. The van der Waals surface area contributed by atoms with Crippen molar-refractivity contribution < 1.29 is 9.32 Å². The number of carbonyl (C=O) groups is 1. The van der Waals surface area contributed by atoms with E-state index >= 15 is 0 Å². The van der Waals surface area contributed by atoms with Crippen molar-refractivity contribution in [1.82, 2.24) is 20.4 Å². The number of nitrogens with zero attached hydrogens (tertiary/aromatic N) is 3. The minimum atomic E-state index is -0.120. The van der Waals surface area contributed by atoms with Gasteiger partial charge in [-0.05, 0) is 26.0 Å². The van der Waals surface area contributed by atoms with Gasteiger partial charge in [-0.2, -0.15) is 0 Å². The molecule has 0 aliphatic heterocycles. The average Bonchev–Trinajstić information content (AvgIpc) is 2.82. The predicted molar refractivity (Wildman–Crippen MR) is 78.8 cm³/mol. The van der Waals surface area contributed by atoms with Gasteiger partial charge in [0.1, 0.15) is 5.76 Å². The number of carbonyl (C=O) groups excluding carboxylic acids is 1. The molecule has 1 N–H and O–H groups in total. The van der Waals surface area contributed by atoms with Crippen LogP contribution in [0.2, 0.25) is 0 Å². The summed E-state index contributed by atoms with van der Waals surface area (Å²) in [5, 5.41) is 6.74. The fraction of sp³-hybridized carbons (Fsp3) is 0.400. The summed E-state index contributed by atoms with van der Waals surface area (Å²) in [6.45, 7) is 4.74. The van der Waals surface area contributed by atoms with Gasteiger partial charge < -0.3 is 14.7 Å². The standard InChI is InChI=1S/C15H20N4O2/c1-11-14(12(2)21-18-11)10-17-15(20)19(3)9-7-13-6-4-5-8-16-13/h4-6,8H,7,9-10H2,1-3H3,(H,17,20). The normalized spacial score (nSPS) is 10.4. The average molecular weight is 288 g/mol. The molecule has 0 unspecified atom stereocenters. The summed E-state index contributed by atoms with van der Waals surface area (Å²) >= 11 is 0. The summed E-state index contributed by atoms with van der Waals surface area (Å²) in [6, 6.07) is 5.66. The van der Waals surface area contributed by atoms with Gasteiger partial charge in [0.2, 0.25) is 0 Å². The Hall–Kier alpha value is -2.37. The molecule has 0 saturated carbocycles. The van der Waals surface area contributed by atoms with Crippen LogP contribution in [0.3, 0.4) is 0 Å². The molecule has 2 rings (SSSR count). The lowest BCUT2D eigenvalue weighted by Gasteiger charge is -2.17. The Bertz CT molecular complexity index is 575. The first kappa shape index (κ1) is 15.0. The summed E-state index contributed by atoms with van der Waals surface area (Å²) in [7, 11) is 1.77. The van der Waals surface area contributed by atoms with Crippen LogP contribution in [0, 0.1) is 13.8 Å². The Balaban J connectivity index is 1.80. The van der Waals surface area contributed by atoms with Crippen molar-refractivity contribution in [3.63, 3.8) is 0 Å². The van der Waals surface area contributed by atoms with Crippen molar-refractivity contribution in [2.45, 2.75) is 26.8 Å². The zero-order valence-electron chi connectivity index (χ0n) is 12.6. The SMILES string of the molecule is Cc1noc(C)c1CNC(=O)N(C)CCc1ccccn1. The summed E-state index contributed by atoms with van der Waals surface area (Å²) < 4.78 is 5.07. The van der Waals surface area contributed by atoms with Gasteiger partial charge in [0.15, 0.2) is 0 Å². The largest absolute Gasteiger partial charge is 0.361 e. The van der Waals surface area contributed by atoms with Gasteiger partial charge in [-0.1, -0.05) is 11.2 Å². The van der Waals surface area contributed by atoms with Crippen molar-refractivity contribution in [3.05, 3.63) is 47.1 Å². The van der Waals surface area contributed by atoms with E-state index in [0.29, 0.717) is 13.1 Å². The molecule has 2 aromatic rings. The van der Waals surface area contributed by atoms with Gasteiger partial charge in [-0.3, -0.25) is 4.98 Å². The summed E-state index contributed by atoms with van der Waals surface area (Å²) in [4.78, 5) is 17.9. The highest BCUT2D eigenvalue weighted by Gasteiger charge is 2.12. The van der Waals surface area contributed by atoms with E-state index in [9.17, 15) is 4.79 Å². The molecule has 2 amide bonds. The number of hydrogen-bond donors (Lipinski definition) is 1. The van der Waals surface area contributed by atoms with Gasteiger partial charge in [0.25, 0.3) is 0 Å². The second kappa shape index (κ2) is 6.88. The Morgan fingerprint density at radius 1 is 1.38 bits per heavy atom. The van der Waals surface area contributed by atoms with Gasteiger partial charge in [-0.25, -0.2) is 4.79 Å². The Labute approximate surface area is 124 Å². The van der Waals surface area contributed by atoms with E-state index < -0.39 is 0 Å². The van der Waals surface area contributed by atoms with E-state index in [1.165, 1.54) is 0 Å². The van der Waals surface area contributed by atoms with Gasteiger partial charge in [0, 0.05) is 44.0 Å². The molecular formula is C15H20N4O2. The number of amides is 2. The van der Waals surface area contributed by atoms with Gasteiger partial charge in [-0.15, -0.1) is 0 Å². The van der Waals surface area contributed by atoms with Crippen molar-refractivity contribution in [3.8, 4) is 0 Å². The molecule has 0 bridgehead atoms.